The number of hydrogen-bond acceptors (Lipinski definition) is 6. The molecule has 150 valence electrons. The second kappa shape index (κ2) is 11.3. The largest absolute Gasteiger partial charge is 0.444 e. The molecule has 27 heavy (non-hydrogen) atoms. The summed E-state index contributed by atoms with van der Waals surface area (Å²) in [6.07, 6.45) is 3.34. The van der Waals surface area contributed by atoms with Gasteiger partial charge in [0, 0.05) is 26.2 Å². The molecule has 3 rings (SSSR count). The summed E-state index contributed by atoms with van der Waals surface area (Å²) in [4.78, 5) is 31.7. The van der Waals surface area contributed by atoms with Crippen LogP contribution in [0.4, 0.5) is 0 Å². The molecule has 1 fully saturated rings. The average Bonchev–Trinajstić information content (AvgIpc) is 3.31. The fourth-order valence-corrected chi connectivity index (χ4v) is 3.58. The molecule has 0 bridgehead atoms. The number of halogens is 2. The van der Waals surface area contributed by atoms with Crippen molar-refractivity contribution in [3.63, 3.8) is 0 Å². The zero-order valence-corrected chi connectivity index (χ0v) is 17.2. The van der Waals surface area contributed by atoms with Crippen molar-refractivity contribution in [1.82, 2.24) is 15.2 Å². The molecule has 10 heteroatoms. The van der Waals surface area contributed by atoms with Gasteiger partial charge in [0.15, 0.2) is 0 Å². The number of nitrogens with two attached hydrogens (primary N) is 1. The van der Waals surface area contributed by atoms with Gasteiger partial charge in [-0.1, -0.05) is 6.07 Å². The molecule has 3 heterocycles. The summed E-state index contributed by atoms with van der Waals surface area (Å²) in [5.74, 6) is 0.324. The van der Waals surface area contributed by atoms with Gasteiger partial charge in [0.1, 0.15) is 6.26 Å². The Morgan fingerprint density at radius 1 is 1.41 bits per heavy atom. The van der Waals surface area contributed by atoms with Crippen molar-refractivity contribution in [3.05, 3.63) is 29.5 Å². The van der Waals surface area contributed by atoms with Crippen LogP contribution < -0.4 is 11.1 Å². The number of likely N-dealkylation sites (tertiary alicyclic amines) is 1. The van der Waals surface area contributed by atoms with Gasteiger partial charge in [-0.25, -0.2) is 4.98 Å². The molecule has 2 aromatic heterocycles. The minimum atomic E-state index is -0.164. The summed E-state index contributed by atoms with van der Waals surface area (Å²) in [5.41, 5.74) is 6.02. The second-order valence-electron chi connectivity index (χ2n) is 6.06. The van der Waals surface area contributed by atoms with Crippen LogP contribution in [0.1, 0.15) is 18.5 Å². The van der Waals surface area contributed by atoms with Crippen LogP contribution in [0.3, 0.4) is 0 Å². The molecule has 0 radical (unpaired) electrons. The molecule has 0 aliphatic carbocycles. The van der Waals surface area contributed by atoms with E-state index >= 15 is 0 Å². The highest BCUT2D eigenvalue weighted by Crippen LogP contribution is 2.24. The number of hydrogen-bond donors (Lipinski definition) is 2. The van der Waals surface area contributed by atoms with Crippen LogP contribution >= 0.6 is 36.2 Å². The lowest BCUT2D eigenvalue weighted by molar-refractivity contribution is -0.135. The molecule has 7 nitrogen and oxygen atoms in total. The Hall–Kier alpha value is -1.61. The summed E-state index contributed by atoms with van der Waals surface area (Å²) in [6, 6.07) is 3.86. The number of oxazole rings is 1. The highest BCUT2D eigenvalue weighted by Gasteiger charge is 2.28. The van der Waals surface area contributed by atoms with Crippen molar-refractivity contribution >= 4 is 48.0 Å². The lowest BCUT2D eigenvalue weighted by Crippen LogP contribution is -2.46. The summed E-state index contributed by atoms with van der Waals surface area (Å²) in [5, 5.41) is 4.75. The maximum Gasteiger partial charge on any atom is 0.236 e. The van der Waals surface area contributed by atoms with Crippen LogP contribution in [0.5, 0.6) is 0 Å². The van der Waals surface area contributed by atoms with E-state index in [1.54, 1.807) is 16.2 Å². The molecule has 1 atom stereocenters. The normalized spacial score (nSPS) is 16.2. The first-order chi connectivity index (χ1) is 12.2. The monoisotopic (exact) mass is 434 g/mol. The Balaban J connectivity index is 0.00000182. The van der Waals surface area contributed by atoms with Gasteiger partial charge < -0.3 is 20.4 Å². The zero-order valence-electron chi connectivity index (χ0n) is 14.8. The van der Waals surface area contributed by atoms with Gasteiger partial charge in [-0.05, 0) is 24.3 Å². The summed E-state index contributed by atoms with van der Waals surface area (Å²) < 4.78 is 5.45. The van der Waals surface area contributed by atoms with Gasteiger partial charge in [-0.15, -0.1) is 36.2 Å². The second-order valence-corrected chi connectivity index (χ2v) is 7.00. The van der Waals surface area contributed by atoms with Gasteiger partial charge in [0.2, 0.25) is 17.7 Å². The topological polar surface area (TPSA) is 101 Å². The van der Waals surface area contributed by atoms with E-state index in [0.29, 0.717) is 37.8 Å². The summed E-state index contributed by atoms with van der Waals surface area (Å²) in [7, 11) is 0. The minimum absolute atomic E-state index is 0. The molecule has 2 amide bonds. The van der Waals surface area contributed by atoms with E-state index < -0.39 is 0 Å². The Labute approximate surface area is 174 Å². The standard InChI is InChI=1S/C17H22N4O3S.2ClH/c18-5-6-19-16(23)12-3-1-7-21(10-12)15(22)9-13-11-24-17(20-13)14-4-2-8-25-14;;/h2,4,8,11-12H,1,3,5-7,9-10,18H2,(H,19,23);2*1H. The minimum Gasteiger partial charge on any atom is -0.444 e. The number of nitrogens with one attached hydrogen (secondary N) is 1. The Morgan fingerprint density at radius 2 is 2.22 bits per heavy atom. The van der Waals surface area contributed by atoms with Crippen molar-refractivity contribution in [1.29, 1.82) is 0 Å². The van der Waals surface area contributed by atoms with Gasteiger partial charge in [0.05, 0.1) is 22.9 Å². The number of amides is 2. The highest BCUT2D eigenvalue weighted by atomic mass is 35.5. The fraction of sp³-hybridized carbons (Fsp3) is 0.471. The van der Waals surface area contributed by atoms with Gasteiger partial charge in [-0.3, -0.25) is 9.59 Å². The predicted molar refractivity (Wildman–Crippen MR) is 109 cm³/mol. The Morgan fingerprint density at radius 3 is 2.93 bits per heavy atom. The van der Waals surface area contributed by atoms with E-state index in [1.165, 1.54) is 6.26 Å². The first-order valence-electron chi connectivity index (χ1n) is 8.41. The molecule has 1 saturated heterocycles. The number of thiophene rings is 1. The Bertz CT molecular complexity index is 724. The number of nitrogens with zero attached hydrogens (tertiary/aromatic N) is 2. The number of carbonyl (C=O) groups is 2. The zero-order chi connectivity index (χ0) is 17.6. The third-order valence-electron chi connectivity index (χ3n) is 4.20. The number of rotatable bonds is 6. The van der Waals surface area contributed by atoms with E-state index in [0.717, 1.165) is 17.7 Å². The first kappa shape index (κ1) is 23.4. The van der Waals surface area contributed by atoms with Crippen LogP contribution in [0, 0.1) is 5.92 Å². The van der Waals surface area contributed by atoms with E-state index in [2.05, 4.69) is 10.3 Å². The van der Waals surface area contributed by atoms with Gasteiger partial charge in [0.25, 0.3) is 0 Å². The Kier molecular flexibility index (Phi) is 9.79. The van der Waals surface area contributed by atoms with Crippen LogP contribution in [0.25, 0.3) is 10.8 Å². The SMILES string of the molecule is Cl.Cl.NCCNC(=O)C1CCCN(C(=O)Cc2coc(-c3cccs3)n2)C1. The molecule has 0 aromatic carbocycles. The van der Waals surface area contributed by atoms with Gasteiger partial charge >= 0.3 is 0 Å². The van der Waals surface area contributed by atoms with E-state index in [-0.39, 0.29) is 49.0 Å². The quantitative estimate of drug-likeness (QED) is 0.724. The van der Waals surface area contributed by atoms with Crippen molar-refractivity contribution in [2.24, 2.45) is 11.7 Å². The van der Waals surface area contributed by atoms with E-state index in [1.807, 2.05) is 17.5 Å². The summed E-state index contributed by atoms with van der Waals surface area (Å²) in [6.45, 7) is 2.01. The average molecular weight is 435 g/mol. The lowest BCUT2D eigenvalue weighted by Gasteiger charge is -2.32. The van der Waals surface area contributed by atoms with Crippen molar-refractivity contribution in [3.8, 4) is 10.8 Å². The molecule has 3 N–H and O–H groups in total. The molecule has 1 aliphatic heterocycles. The molecule has 0 saturated carbocycles. The molecule has 2 aromatic rings. The van der Waals surface area contributed by atoms with Crippen molar-refractivity contribution in [2.45, 2.75) is 19.3 Å². The third kappa shape index (κ3) is 6.21. The smallest absolute Gasteiger partial charge is 0.236 e. The maximum absolute atomic E-state index is 12.5. The lowest BCUT2D eigenvalue weighted by atomic mass is 9.96. The third-order valence-corrected chi connectivity index (χ3v) is 5.06. The molecule has 0 spiro atoms. The van der Waals surface area contributed by atoms with Crippen molar-refractivity contribution < 1.29 is 14.0 Å². The van der Waals surface area contributed by atoms with Crippen LogP contribution in [0.2, 0.25) is 0 Å². The van der Waals surface area contributed by atoms with Crippen LogP contribution in [0.15, 0.2) is 28.2 Å². The van der Waals surface area contributed by atoms with E-state index in [9.17, 15) is 9.59 Å². The van der Waals surface area contributed by atoms with Crippen molar-refractivity contribution in [2.75, 3.05) is 26.2 Å². The number of aromatic nitrogens is 1. The first-order valence-corrected chi connectivity index (χ1v) is 9.29. The van der Waals surface area contributed by atoms with Gasteiger partial charge in [-0.2, -0.15) is 0 Å². The van der Waals surface area contributed by atoms with Crippen LogP contribution in [-0.4, -0.2) is 47.9 Å². The summed E-state index contributed by atoms with van der Waals surface area (Å²) >= 11 is 1.54. The maximum atomic E-state index is 12.5. The number of piperidine rings is 1. The van der Waals surface area contributed by atoms with E-state index in [4.69, 9.17) is 10.2 Å². The highest BCUT2D eigenvalue weighted by molar-refractivity contribution is 7.13. The predicted octanol–water partition coefficient (Wildman–Crippen LogP) is 2.10. The number of carbonyl (C=O) groups excluding carboxylic acids is 2. The fourth-order valence-electron chi connectivity index (χ4n) is 2.93. The molecular formula is C17H24Cl2N4O3S. The molecular weight excluding hydrogens is 411 g/mol. The van der Waals surface area contributed by atoms with Crippen LogP contribution in [-0.2, 0) is 16.0 Å². The molecule has 1 unspecified atom stereocenters. The molecule has 1 aliphatic rings.